The molecule has 0 amide bonds. The number of benzene rings is 2. The summed E-state index contributed by atoms with van der Waals surface area (Å²) in [5, 5.41) is 5.76. The summed E-state index contributed by atoms with van der Waals surface area (Å²) in [6.45, 7) is 15.6. The second-order valence-corrected chi connectivity index (χ2v) is 10.8. The van der Waals surface area contributed by atoms with Crippen LogP contribution in [-0.2, 0) is 12.0 Å². The maximum atomic E-state index is 6.11. The van der Waals surface area contributed by atoms with Crippen molar-refractivity contribution in [3.63, 3.8) is 0 Å². The second-order valence-electron chi connectivity index (χ2n) is 10.4. The van der Waals surface area contributed by atoms with Gasteiger partial charge in [0.25, 0.3) is 0 Å². The van der Waals surface area contributed by atoms with Crippen molar-refractivity contribution in [3.8, 4) is 11.3 Å². The third-order valence-electron chi connectivity index (χ3n) is 6.49. The van der Waals surface area contributed by atoms with Gasteiger partial charge in [0.1, 0.15) is 0 Å². The lowest BCUT2D eigenvalue weighted by atomic mass is 10.1. The van der Waals surface area contributed by atoms with Crippen molar-refractivity contribution in [2.24, 2.45) is 0 Å². The summed E-state index contributed by atoms with van der Waals surface area (Å²) in [6, 6.07) is 19.7. The van der Waals surface area contributed by atoms with Gasteiger partial charge in [-0.25, -0.2) is 0 Å². The van der Waals surface area contributed by atoms with Gasteiger partial charge in [-0.05, 0) is 95.5 Å². The SMILES string of the molecule is Cc1cccc(N2CCN(CCCc3cc(-c4ccc(Cl)cc4)n(C(C)(C)C)n3)CC2C)c1. The van der Waals surface area contributed by atoms with Crippen LogP contribution in [0.25, 0.3) is 11.3 Å². The molecule has 1 aliphatic rings. The minimum absolute atomic E-state index is 0.0746. The zero-order chi connectivity index (χ0) is 23.6. The predicted molar refractivity (Wildman–Crippen MR) is 140 cm³/mol. The summed E-state index contributed by atoms with van der Waals surface area (Å²) < 4.78 is 2.16. The van der Waals surface area contributed by atoms with Crippen molar-refractivity contribution in [1.29, 1.82) is 0 Å². The highest BCUT2D eigenvalue weighted by molar-refractivity contribution is 6.30. The Morgan fingerprint density at radius 1 is 1.03 bits per heavy atom. The van der Waals surface area contributed by atoms with Crippen molar-refractivity contribution < 1.29 is 0 Å². The Balaban J connectivity index is 1.37. The molecule has 1 aromatic heterocycles. The molecule has 0 radical (unpaired) electrons. The quantitative estimate of drug-likeness (QED) is 0.421. The molecule has 0 bridgehead atoms. The topological polar surface area (TPSA) is 24.3 Å². The van der Waals surface area contributed by atoms with E-state index >= 15 is 0 Å². The maximum Gasteiger partial charge on any atom is 0.0691 e. The second kappa shape index (κ2) is 9.90. The van der Waals surface area contributed by atoms with Gasteiger partial charge in [-0.1, -0.05) is 35.9 Å². The monoisotopic (exact) mass is 464 g/mol. The van der Waals surface area contributed by atoms with Gasteiger partial charge < -0.3 is 4.90 Å². The fraction of sp³-hybridized carbons (Fsp3) is 0.464. The van der Waals surface area contributed by atoms with Gasteiger partial charge in [0, 0.05) is 36.4 Å². The molecule has 5 heteroatoms. The molecule has 0 N–H and O–H groups in total. The molecule has 1 unspecified atom stereocenters. The normalized spacial score (nSPS) is 17.5. The van der Waals surface area contributed by atoms with E-state index in [1.54, 1.807) is 0 Å². The van der Waals surface area contributed by atoms with Crippen molar-refractivity contribution in [1.82, 2.24) is 14.7 Å². The molecule has 1 fully saturated rings. The minimum Gasteiger partial charge on any atom is -0.366 e. The fourth-order valence-electron chi connectivity index (χ4n) is 4.80. The molecule has 176 valence electrons. The molecular weight excluding hydrogens is 428 g/mol. The molecule has 0 saturated carbocycles. The van der Waals surface area contributed by atoms with E-state index in [1.165, 1.54) is 16.9 Å². The van der Waals surface area contributed by atoms with E-state index in [1.807, 2.05) is 12.1 Å². The van der Waals surface area contributed by atoms with Gasteiger partial charge >= 0.3 is 0 Å². The Morgan fingerprint density at radius 3 is 2.45 bits per heavy atom. The Kier molecular flexibility index (Phi) is 7.16. The van der Waals surface area contributed by atoms with E-state index in [4.69, 9.17) is 16.7 Å². The number of piperazine rings is 1. The zero-order valence-corrected chi connectivity index (χ0v) is 21.4. The van der Waals surface area contributed by atoms with Gasteiger partial charge in [0.2, 0.25) is 0 Å². The van der Waals surface area contributed by atoms with Crippen molar-refractivity contribution in [3.05, 3.63) is 70.9 Å². The number of aromatic nitrogens is 2. The zero-order valence-electron chi connectivity index (χ0n) is 20.7. The summed E-state index contributed by atoms with van der Waals surface area (Å²) in [5.41, 5.74) is 6.10. The third-order valence-corrected chi connectivity index (χ3v) is 6.74. The predicted octanol–water partition coefficient (Wildman–Crippen LogP) is 6.41. The van der Waals surface area contributed by atoms with Crippen LogP contribution in [0.4, 0.5) is 5.69 Å². The van der Waals surface area contributed by atoms with Gasteiger partial charge in [-0.3, -0.25) is 9.58 Å². The van der Waals surface area contributed by atoms with Gasteiger partial charge in [-0.2, -0.15) is 5.10 Å². The summed E-state index contributed by atoms with van der Waals surface area (Å²) >= 11 is 6.11. The summed E-state index contributed by atoms with van der Waals surface area (Å²) in [4.78, 5) is 5.16. The molecule has 3 aromatic rings. The molecule has 1 aliphatic heterocycles. The highest BCUT2D eigenvalue weighted by Crippen LogP contribution is 2.28. The van der Waals surface area contributed by atoms with E-state index in [0.29, 0.717) is 6.04 Å². The molecule has 2 aromatic carbocycles. The molecule has 2 heterocycles. The maximum absolute atomic E-state index is 6.11. The third kappa shape index (κ3) is 5.80. The van der Waals surface area contributed by atoms with Crippen LogP contribution in [-0.4, -0.2) is 46.9 Å². The number of anilines is 1. The lowest BCUT2D eigenvalue weighted by molar-refractivity contribution is 0.226. The van der Waals surface area contributed by atoms with E-state index in [9.17, 15) is 0 Å². The van der Waals surface area contributed by atoms with Crippen molar-refractivity contribution in [2.75, 3.05) is 31.1 Å². The van der Waals surface area contributed by atoms with Gasteiger partial charge in [0.05, 0.1) is 16.9 Å². The van der Waals surface area contributed by atoms with E-state index < -0.39 is 0 Å². The first kappa shape index (κ1) is 23.8. The Labute approximate surface area is 204 Å². The average molecular weight is 465 g/mol. The van der Waals surface area contributed by atoms with Crippen LogP contribution in [0.15, 0.2) is 54.6 Å². The van der Waals surface area contributed by atoms with E-state index in [2.05, 4.69) is 91.6 Å². The van der Waals surface area contributed by atoms with Crippen LogP contribution in [0.1, 0.15) is 45.4 Å². The first-order valence-corrected chi connectivity index (χ1v) is 12.5. The lowest BCUT2D eigenvalue weighted by Gasteiger charge is -2.41. The molecular formula is C28H37ClN4. The molecule has 1 saturated heterocycles. The summed E-state index contributed by atoms with van der Waals surface area (Å²) in [7, 11) is 0. The Morgan fingerprint density at radius 2 is 1.79 bits per heavy atom. The number of aryl methyl sites for hydroxylation is 2. The van der Waals surface area contributed by atoms with Gasteiger partial charge in [0.15, 0.2) is 0 Å². The number of hydrogen-bond donors (Lipinski definition) is 0. The fourth-order valence-corrected chi connectivity index (χ4v) is 4.93. The lowest BCUT2D eigenvalue weighted by Crippen LogP contribution is -2.52. The highest BCUT2D eigenvalue weighted by Gasteiger charge is 2.24. The smallest absolute Gasteiger partial charge is 0.0691 e. The first-order chi connectivity index (χ1) is 15.7. The Hall–Kier alpha value is -2.30. The van der Waals surface area contributed by atoms with Crippen LogP contribution < -0.4 is 4.90 Å². The van der Waals surface area contributed by atoms with Crippen LogP contribution >= 0.6 is 11.6 Å². The molecule has 0 spiro atoms. The largest absolute Gasteiger partial charge is 0.366 e. The number of hydrogen-bond acceptors (Lipinski definition) is 3. The molecule has 33 heavy (non-hydrogen) atoms. The van der Waals surface area contributed by atoms with Crippen LogP contribution in [0.3, 0.4) is 0 Å². The number of halogens is 1. The number of nitrogens with zero attached hydrogens (tertiary/aromatic N) is 4. The van der Waals surface area contributed by atoms with Gasteiger partial charge in [-0.15, -0.1) is 0 Å². The Bertz CT molecular complexity index is 1060. The summed E-state index contributed by atoms with van der Waals surface area (Å²) in [5.74, 6) is 0. The number of rotatable bonds is 6. The summed E-state index contributed by atoms with van der Waals surface area (Å²) in [6.07, 6.45) is 2.12. The molecule has 4 rings (SSSR count). The van der Waals surface area contributed by atoms with Crippen LogP contribution in [0.2, 0.25) is 5.02 Å². The minimum atomic E-state index is -0.0746. The van der Waals surface area contributed by atoms with E-state index in [0.717, 1.165) is 55.3 Å². The molecule has 1 atom stereocenters. The molecule has 0 aliphatic carbocycles. The van der Waals surface area contributed by atoms with Crippen molar-refractivity contribution >= 4 is 17.3 Å². The first-order valence-electron chi connectivity index (χ1n) is 12.1. The standard InChI is InChI=1S/C28H37ClN4/c1-21-8-6-10-26(18-21)32-17-16-31(20-22(32)2)15-7-9-25-19-27(33(30-25)28(3,4)5)23-11-13-24(29)14-12-23/h6,8,10-14,18-19,22H,7,9,15-17,20H2,1-5H3. The average Bonchev–Trinajstić information content (AvgIpc) is 3.19. The van der Waals surface area contributed by atoms with Crippen LogP contribution in [0.5, 0.6) is 0 Å². The molecule has 4 nitrogen and oxygen atoms in total. The van der Waals surface area contributed by atoms with Crippen molar-refractivity contribution in [2.45, 2.75) is 59.0 Å². The van der Waals surface area contributed by atoms with Crippen LogP contribution in [0, 0.1) is 6.92 Å². The highest BCUT2D eigenvalue weighted by atomic mass is 35.5. The van der Waals surface area contributed by atoms with E-state index in [-0.39, 0.29) is 5.54 Å².